The quantitative estimate of drug-likeness (QED) is 0.738. The van der Waals surface area contributed by atoms with Crippen molar-refractivity contribution >= 4 is 11.9 Å². The number of carbonyl (C=O) groups is 2. The van der Waals surface area contributed by atoms with Crippen molar-refractivity contribution in [3.05, 3.63) is 58.4 Å². The van der Waals surface area contributed by atoms with E-state index >= 15 is 0 Å². The van der Waals surface area contributed by atoms with Gasteiger partial charge in [-0.1, -0.05) is 24.3 Å². The fourth-order valence-electron chi connectivity index (χ4n) is 4.06. The van der Waals surface area contributed by atoms with E-state index in [1.54, 1.807) is 0 Å². The first-order valence-corrected chi connectivity index (χ1v) is 10.1. The van der Waals surface area contributed by atoms with Crippen molar-refractivity contribution in [3.63, 3.8) is 0 Å². The van der Waals surface area contributed by atoms with E-state index < -0.39 is 0 Å². The molecule has 5 nitrogen and oxygen atoms in total. The van der Waals surface area contributed by atoms with Crippen LogP contribution in [0.4, 0.5) is 0 Å². The lowest BCUT2D eigenvalue weighted by Gasteiger charge is -2.32. The van der Waals surface area contributed by atoms with Crippen molar-refractivity contribution in [2.24, 2.45) is 5.92 Å². The zero-order valence-electron chi connectivity index (χ0n) is 17.3. The van der Waals surface area contributed by atoms with Crippen molar-refractivity contribution in [2.75, 3.05) is 19.7 Å². The molecule has 0 radical (unpaired) electrons. The maximum absolute atomic E-state index is 13.4. The van der Waals surface area contributed by atoms with E-state index in [1.807, 2.05) is 37.8 Å². The number of esters is 1. The largest absolute Gasteiger partial charge is 0.466 e. The molecule has 0 unspecified atom stereocenters. The summed E-state index contributed by atoms with van der Waals surface area (Å²) in [5.74, 6) is -0.407. The Morgan fingerprint density at radius 2 is 1.89 bits per heavy atom. The lowest BCUT2D eigenvalue weighted by Crippen LogP contribution is -2.43. The molecule has 5 heteroatoms. The van der Waals surface area contributed by atoms with Crippen LogP contribution in [-0.4, -0.2) is 41.0 Å². The molecule has 0 saturated carbocycles. The third-order valence-corrected chi connectivity index (χ3v) is 5.62. The number of amides is 1. The Morgan fingerprint density at radius 1 is 1.14 bits per heavy atom. The Hall–Kier alpha value is -2.56. The van der Waals surface area contributed by atoms with Crippen LogP contribution in [0, 0.1) is 26.7 Å². The van der Waals surface area contributed by atoms with Crippen LogP contribution in [0.2, 0.25) is 0 Å². The van der Waals surface area contributed by atoms with Crippen LogP contribution in [0.15, 0.2) is 30.3 Å². The Bertz CT molecular complexity index is 869. The first-order chi connectivity index (χ1) is 13.4. The molecule has 1 atom stereocenters. The van der Waals surface area contributed by atoms with E-state index in [-0.39, 0.29) is 17.8 Å². The third kappa shape index (κ3) is 4.13. The van der Waals surface area contributed by atoms with E-state index in [1.165, 1.54) is 11.1 Å². The average molecular weight is 383 g/mol. The standard InChI is InChI=1S/C23H30N2O3/c1-5-28-23(27)20-11-8-12-24(14-20)22(26)21-17(3)13-18(4)25(21)15-19-10-7-6-9-16(19)2/h6-7,9-10,13,20H,5,8,11-12,14-15H2,1-4H3/t20-/m0/s1. The second-order valence-corrected chi connectivity index (χ2v) is 7.67. The summed E-state index contributed by atoms with van der Waals surface area (Å²) in [7, 11) is 0. The highest BCUT2D eigenvalue weighted by atomic mass is 16.5. The smallest absolute Gasteiger partial charge is 0.310 e. The number of carbonyl (C=O) groups excluding carboxylic acids is 2. The monoisotopic (exact) mass is 382 g/mol. The highest BCUT2D eigenvalue weighted by Crippen LogP contribution is 2.24. The molecule has 3 rings (SSSR count). The zero-order valence-corrected chi connectivity index (χ0v) is 17.3. The SMILES string of the molecule is CCOC(=O)[C@H]1CCCN(C(=O)c2c(C)cc(C)n2Cc2ccccc2C)C1. The first kappa shape index (κ1) is 20.2. The van der Waals surface area contributed by atoms with E-state index in [4.69, 9.17) is 4.74 Å². The van der Waals surface area contributed by atoms with Crippen LogP contribution in [-0.2, 0) is 16.1 Å². The topological polar surface area (TPSA) is 51.5 Å². The van der Waals surface area contributed by atoms with Gasteiger partial charge in [-0.05, 0) is 63.3 Å². The molecular formula is C23H30N2O3. The number of aromatic nitrogens is 1. The molecule has 0 spiro atoms. The zero-order chi connectivity index (χ0) is 20.3. The molecule has 28 heavy (non-hydrogen) atoms. The van der Waals surface area contributed by atoms with E-state index in [0.717, 1.165) is 29.8 Å². The number of likely N-dealkylation sites (tertiary alicyclic amines) is 1. The lowest BCUT2D eigenvalue weighted by molar-refractivity contribution is -0.149. The maximum Gasteiger partial charge on any atom is 0.310 e. The van der Waals surface area contributed by atoms with Crippen LogP contribution in [0.1, 0.15) is 52.6 Å². The fraction of sp³-hybridized carbons (Fsp3) is 0.478. The molecule has 0 N–H and O–H groups in total. The summed E-state index contributed by atoms with van der Waals surface area (Å²) in [6.07, 6.45) is 1.61. The number of rotatable bonds is 5. The van der Waals surface area contributed by atoms with Gasteiger partial charge in [0.2, 0.25) is 0 Å². The van der Waals surface area contributed by atoms with E-state index in [0.29, 0.717) is 26.2 Å². The van der Waals surface area contributed by atoms with Gasteiger partial charge in [0.1, 0.15) is 5.69 Å². The predicted molar refractivity (Wildman–Crippen MR) is 109 cm³/mol. The van der Waals surface area contributed by atoms with Crippen molar-refractivity contribution in [2.45, 2.75) is 47.1 Å². The van der Waals surface area contributed by atoms with Gasteiger partial charge in [-0.3, -0.25) is 9.59 Å². The molecule has 0 aliphatic carbocycles. The maximum atomic E-state index is 13.4. The first-order valence-electron chi connectivity index (χ1n) is 10.1. The van der Waals surface area contributed by atoms with Crippen LogP contribution >= 0.6 is 0 Å². The minimum absolute atomic E-state index is 0.00758. The molecule has 1 fully saturated rings. The lowest BCUT2D eigenvalue weighted by atomic mass is 9.97. The number of nitrogens with zero attached hydrogens (tertiary/aromatic N) is 2. The average Bonchev–Trinajstić information content (AvgIpc) is 2.96. The predicted octanol–water partition coefficient (Wildman–Crippen LogP) is 3.88. The van der Waals surface area contributed by atoms with E-state index in [9.17, 15) is 9.59 Å². The van der Waals surface area contributed by atoms with Crippen molar-refractivity contribution in [3.8, 4) is 0 Å². The van der Waals surface area contributed by atoms with Gasteiger partial charge in [0.15, 0.2) is 0 Å². The third-order valence-electron chi connectivity index (χ3n) is 5.62. The number of hydrogen-bond acceptors (Lipinski definition) is 3. The molecule has 1 aromatic heterocycles. The van der Waals surface area contributed by atoms with Gasteiger partial charge in [0, 0.05) is 25.3 Å². The van der Waals surface area contributed by atoms with Crippen molar-refractivity contribution in [1.82, 2.24) is 9.47 Å². The number of aryl methyl sites for hydroxylation is 3. The minimum Gasteiger partial charge on any atom is -0.466 e. The molecule has 1 aliphatic rings. The van der Waals surface area contributed by atoms with Gasteiger partial charge in [-0.15, -0.1) is 0 Å². The fourth-order valence-corrected chi connectivity index (χ4v) is 4.06. The summed E-state index contributed by atoms with van der Waals surface area (Å²) in [5.41, 5.74) is 5.20. The summed E-state index contributed by atoms with van der Waals surface area (Å²) in [6.45, 7) is 10.1. The molecule has 1 saturated heterocycles. The molecule has 0 bridgehead atoms. The summed E-state index contributed by atoms with van der Waals surface area (Å²) in [6, 6.07) is 10.3. The van der Waals surface area contributed by atoms with Crippen molar-refractivity contribution < 1.29 is 14.3 Å². The Kier molecular flexibility index (Phi) is 6.22. The van der Waals surface area contributed by atoms with Gasteiger partial charge in [-0.25, -0.2) is 0 Å². The van der Waals surface area contributed by atoms with Crippen molar-refractivity contribution in [1.29, 1.82) is 0 Å². The molecule has 2 aromatic rings. The highest BCUT2D eigenvalue weighted by Gasteiger charge is 2.31. The van der Waals surface area contributed by atoms with Gasteiger partial charge in [0.25, 0.3) is 5.91 Å². The molecule has 1 aromatic carbocycles. The summed E-state index contributed by atoms with van der Waals surface area (Å²) >= 11 is 0. The molecule has 150 valence electrons. The second-order valence-electron chi connectivity index (χ2n) is 7.67. The van der Waals surface area contributed by atoms with E-state index in [2.05, 4.69) is 29.7 Å². The van der Waals surface area contributed by atoms with Gasteiger partial charge in [0.05, 0.1) is 12.5 Å². The van der Waals surface area contributed by atoms with Gasteiger partial charge in [-0.2, -0.15) is 0 Å². The summed E-state index contributed by atoms with van der Waals surface area (Å²) < 4.78 is 7.28. The number of piperidine rings is 1. The Labute approximate surface area is 167 Å². The number of ether oxygens (including phenoxy) is 1. The number of benzene rings is 1. The van der Waals surface area contributed by atoms with Crippen LogP contribution in [0.3, 0.4) is 0 Å². The van der Waals surface area contributed by atoms with Crippen LogP contribution < -0.4 is 0 Å². The van der Waals surface area contributed by atoms with Crippen LogP contribution in [0.5, 0.6) is 0 Å². The number of hydrogen-bond donors (Lipinski definition) is 0. The normalized spacial score (nSPS) is 16.9. The molecule has 2 heterocycles. The molecular weight excluding hydrogens is 352 g/mol. The Balaban J connectivity index is 1.86. The second kappa shape index (κ2) is 8.63. The Morgan fingerprint density at radius 3 is 2.61 bits per heavy atom. The highest BCUT2D eigenvalue weighted by molar-refractivity contribution is 5.95. The van der Waals surface area contributed by atoms with Crippen LogP contribution in [0.25, 0.3) is 0 Å². The molecule has 1 amide bonds. The minimum atomic E-state index is -0.223. The summed E-state index contributed by atoms with van der Waals surface area (Å²) in [5, 5.41) is 0. The van der Waals surface area contributed by atoms with Gasteiger partial charge < -0.3 is 14.2 Å². The summed E-state index contributed by atoms with van der Waals surface area (Å²) in [4.78, 5) is 27.4. The van der Waals surface area contributed by atoms with Gasteiger partial charge >= 0.3 is 5.97 Å². The molecule has 1 aliphatic heterocycles.